The third-order valence-electron chi connectivity index (χ3n) is 4.45. The summed E-state index contributed by atoms with van der Waals surface area (Å²) in [7, 11) is 0. The van der Waals surface area contributed by atoms with E-state index < -0.39 is 0 Å². The SMILES string of the molecule is C1CC2(C1)CC1CCC2C1. The van der Waals surface area contributed by atoms with E-state index in [1.165, 1.54) is 11.8 Å². The molecule has 0 radical (unpaired) electrons. The summed E-state index contributed by atoms with van der Waals surface area (Å²) in [5.74, 6) is 2.36. The highest BCUT2D eigenvalue weighted by Crippen LogP contribution is 2.64. The van der Waals surface area contributed by atoms with Crippen LogP contribution in [0.25, 0.3) is 0 Å². The number of rotatable bonds is 0. The Kier molecular flexibility index (Phi) is 0.898. The highest BCUT2D eigenvalue weighted by atomic mass is 14.6. The van der Waals surface area contributed by atoms with E-state index in [4.69, 9.17) is 0 Å². The van der Waals surface area contributed by atoms with E-state index >= 15 is 0 Å². The van der Waals surface area contributed by atoms with E-state index in [-0.39, 0.29) is 0 Å². The van der Waals surface area contributed by atoms with Gasteiger partial charge in [0.2, 0.25) is 0 Å². The predicted octanol–water partition coefficient (Wildman–Crippen LogP) is 2.98. The van der Waals surface area contributed by atoms with Crippen molar-refractivity contribution in [2.45, 2.75) is 44.9 Å². The molecule has 2 atom stereocenters. The molecule has 3 saturated carbocycles. The second kappa shape index (κ2) is 1.60. The maximum atomic E-state index is 1.62. The van der Waals surface area contributed by atoms with Gasteiger partial charge in [0, 0.05) is 0 Å². The van der Waals surface area contributed by atoms with Crippen molar-refractivity contribution >= 4 is 0 Å². The van der Waals surface area contributed by atoms with Crippen LogP contribution in [0.15, 0.2) is 0 Å². The van der Waals surface area contributed by atoms with Gasteiger partial charge in [0.1, 0.15) is 0 Å². The molecular formula is C10H16. The second-order valence-electron chi connectivity index (χ2n) is 4.80. The fraction of sp³-hybridized carbons (Fsp3) is 1.00. The molecule has 0 saturated heterocycles. The molecule has 10 heavy (non-hydrogen) atoms. The molecule has 0 aromatic carbocycles. The molecule has 0 amide bonds. The molecule has 0 heteroatoms. The summed E-state index contributed by atoms with van der Waals surface area (Å²) in [6.07, 6.45) is 11.1. The van der Waals surface area contributed by atoms with Gasteiger partial charge in [-0.3, -0.25) is 0 Å². The molecule has 0 N–H and O–H groups in total. The van der Waals surface area contributed by atoms with Crippen molar-refractivity contribution in [3.63, 3.8) is 0 Å². The number of hydrogen-bond acceptors (Lipinski definition) is 0. The Hall–Kier alpha value is 0. The van der Waals surface area contributed by atoms with Gasteiger partial charge in [-0.15, -0.1) is 0 Å². The molecule has 0 aromatic heterocycles. The first-order chi connectivity index (χ1) is 4.89. The minimum atomic E-state index is 0.933. The average molecular weight is 136 g/mol. The van der Waals surface area contributed by atoms with Gasteiger partial charge in [0.15, 0.2) is 0 Å². The third kappa shape index (κ3) is 0.500. The first-order valence-corrected chi connectivity index (χ1v) is 4.89. The zero-order valence-corrected chi connectivity index (χ0v) is 6.60. The maximum Gasteiger partial charge on any atom is -0.0266 e. The lowest BCUT2D eigenvalue weighted by molar-refractivity contribution is 0.0559. The number of fused-ring (bicyclic) bond motifs is 3. The van der Waals surface area contributed by atoms with E-state index in [0.717, 1.165) is 5.41 Å². The van der Waals surface area contributed by atoms with Crippen LogP contribution in [0.5, 0.6) is 0 Å². The first-order valence-electron chi connectivity index (χ1n) is 4.89. The summed E-state index contributed by atoms with van der Waals surface area (Å²) in [4.78, 5) is 0. The Morgan fingerprint density at radius 1 is 1.10 bits per heavy atom. The van der Waals surface area contributed by atoms with E-state index in [9.17, 15) is 0 Å². The fourth-order valence-electron chi connectivity index (χ4n) is 3.80. The predicted molar refractivity (Wildman–Crippen MR) is 41.7 cm³/mol. The molecule has 2 unspecified atom stereocenters. The van der Waals surface area contributed by atoms with E-state index in [1.807, 2.05) is 0 Å². The fourth-order valence-corrected chi connectivity index (χ4v) is 3.80. The first kappa shape index (κ1) is 5.62. The Morgan fingerprint density at radius 3 is 2.30 bits per heavy atom. The molecule has 3 rings (SSSR count). The molecule has 1 spiro atoms. The van der Waals surface area contributed by atoms with Gasteiger partial charge in [-0.05, 0) is 49.4 Å². The summed E-state index contributed by atoms with van der Waals surface area (Å²) in [5.41, 5.74) is 0.933. The van der Waals surface area contributed by atoms with Crippen molar-refractivity contribution in [2.75, 3.05) is 0 Å². The Labute approximate surface area is 63.0 Å². The van der Waals surface area contributed by atoms with Gasteiger partial charge < -0.3 is 0 Å². The standard InChI is InChI=1S/C10H16/c1-4-10(5-1)7-8-2-3-9(10)6-8/h8-9H,1-7H2. The Morgan fingerprint density at radius 2 is 2.00 bits per heavy atom. The van der Waals surface area contributed by atoms with Gasteiger partial charge in [-0.1, -0.05) is 12.8 Å². The lowest BCUT2D eigenvalue weighted by Gasteiger charge is -2.45. The zero-order chi connectivity index (χ0) is 6.60. The topological polar surface area (TPSA) is 0 Å². The van der Waals surface area contributed by atoms with Crippen LogP contribution in [-0.2, 0) is 0 Å². The lowest BCUT2D eigenvalue weighted by Crippen LogP contribution is -2.34. The summed E-state index contributed by atoms with van der Waals surface area (Å²) in [6.45, 7) is 0. The zero-order valence-electron chi connectivity index (χ0n) is 6.60. The smallest absolute Gasteiger partial charge is 0.0266 e. The van der Waals surface area contributed by atoms with E-state index in [2.05, 4.69) is 0 Å². The van der Waals surface area contributed by atoms with Gasteiger partial charge in [-0.2, -0.15) is 0 Å². The molecule has 3 aliphatic rings. The van der Waals surface area contributed by atoms with Crippen molar-refractivity contribution in [1.29, 1.82) is 0 Å². The van der Waals surface area contributed by atoms with E-state index in [0.29, 0.717) is 0 Å². The summed E-state index contributed by atoms with van der Waals surface area (Å²) >= 11 is 0. The monoisotopic (exact) mass is 136 g/mol. The van der Waals surface area contributed by atoms with Crippen LogP contribution in [-0.4, -0.2) is 0 Å². The summed E-state index contributed by atoms with van der Waals surface area (Å²) in [5, 5.41) is 0. The van der Waals surface area contributed by atoms with Crippen molar-refractivity contribution in [3.05, 3.63) is 0 Å². The largest absolute Gasteiger partial charge is 0.0522 e. The van der Waals surface area contributed by atoms with Gasteiger partial charge in [0.25, 0.3) is 0 Å². The van der Waals surface area contributed by atoms with Gasteiger partial charge in [-0.25, -0.2) is 0 Å². The summed E-state index contributed by atoms with van der Waals surface area (Å²) in [6, 6.07) is 0. The van der Waals surface area contributed by atoms with Crippen molar-refractivity contribution in [2.24, 2.45) is 17.3 Å². The van der Waals surface area contributed by atoms with Crippen molar-refractivity contribution < 1.29 is 0 Å². The number of hydrogen-bond donors (Lipinski definition) is 0. The van der Waals surface area contributed by atoms with Crippen LogP contribution in [0.3, 0.4) is 0 Å². The molecule has 0 heterocycles. The van der Waals surface area contributed by atoms with Crippen LogP contribution < -0.4 is 0 Å². The lowest BCUT2D eigenvalue weighted by atomic mass is 9.60. The van der Waals surface area contributed by atoms with Crippen LogP contribution >= 0.6 is 0 Å². The maximum absolute atomic E-state index is 1.62. The van der Waals surface area contributed by atoms with Crippen LogP contribution in [0.1, 0.15) is 44.9 Å². The average Bonchev–Trinajstić information content (AvgIpc) is 2.40. The van der Waals surface area contributed by atoms with Crippen LogP contribution in [0.2, 0.25) is 0 Å². The highest BCUT2D eigenvalue weighted by Gasteiger charge is 2.53. The molecule has 3 aliphatic carbocycles. The Balaban J connectivity index is 1.89. The molecular weight excluding hydrogens is 120 g/mol. The van der Waals surface area contributed by atoms with Gasteiger partial charge in [0.05, 0.1) is 0 Å². The normalized spacial score (nSPS) is 48.0. The minimum Gasteiger partial charge on any atom is -0.0522 e. The van der Waals surface area contributed by atoms with Crippen molar-refractivity contribution in [3.8, 4) is 0 Å². The Bertz CT molecular complexity index is 155. The molecule has 0 nitrogen and oxygen atoms in total. The molecule has 0 aromatic rings. The summed E-state index contributed by atoms with van der Waals surface area (Å²) < 4.78 is 0. The van der Waals surface area contributed by atoms with E-state index in [1.54, 1.807) is 44.9 Å². The van der Waals surface area contributed by atoms with Crippen LogP contribution in [0.4, 0.5) is 0 Å². The molecule has 56 valence electrons. The molecule has 3 fully saturated rings. The van der Waals surface area contributed by atoms with Crippen LogP contribution in [0, 0.1) is 17.3 Å². The highest BCUT2D eigenvalue weighted by molar-refractivity contribution is 5.04. The van der Waals surface area contributed by atoms with Gasteiger partial charge >= 0.3 is 0 Å². The third-order valence-corrected chi connectivity index (χ3v) is 4.45. The quantitative estimate of drug-likeness (QED) is 0.480. The molecule has 0 aliphatic heterocycles. The second-order valence-corrected chi connectivity index (χ2v) is 4.80. The minimum absolute atomic E-state index is 0.933. The molecule has 2 bridgehead atoms. The van der Waals surface area contributed by atoms with Crippen molar-refractivity contribution in [1.82, 2.24) is 0 Å².